The van der Waals surface area contributed by atoms with Crippen LogP contribution in [-0.4, -0.2) is 24.4 Å². The largest absolute Gasteiger partial charge is 0.370 e. The van der Waals surface area contributed by atoms with Crippen LogP contribution >= 0.6 is 0 Å². The molecule has 14 heavy (non-hydrogen) atoms. The van der Waals surface area contributed by atoms with E-state index in [9.17, 15) is 9.59 Å². The second-order valence-corrected chi connectivity index (χ2v) is 3.63. The highest BCUT2D eigenvalue weighted by Crippen LogP contribution is 1.97. The monoisotopic (exact) mass is 201 g/mol. The fourth-order valence-corrected chi connectivity index (χ4v) is 0.895. The summed E-state index contributed by atoms with van der Waals surface area (Å²) in [5.41, 5.74) is 10.5. The molecule has 0 fully saturated rings. The van der Waals surface area contributed by atoms with Gasteiger partial charge in [-0.25, -0.2) is 0 Å². The van der Waals surface area contributed by atoms with Crippen molar-refractivity contribution in [3.63, 3.8) is 0 Å². The van der Waals surface area contributed by atoms with Crippen molar-refractivity contribution >= 4 is 11.8 Å². The first-order valence-electron chi connectivity index (χ1n) is 4.76. The fraction of sp³-hybridized carbons (Fsp3) is 0.778. The van der Waals surface area contributed by atoms with E-state index >= 15 is 0 Å². The number of carbonyl (C=O) groups is 2. The molecule has 0 radical (unpaired) electrons. The maximum atomic E-state index is 11.3. The molecule has 0 rings (SSSR count). The Morgan fingerprint density at radius 1 is 1.36 bits per heavy atom. The summed E-state index contributed by atoms with van der Waals surface area (Å²) >= 11 is 0. The van der Waals surface area contributed by atoms with Crippen LogP contribution in [0, 0.1) is 5.92 Å². The second kappa shape index (κ2) is 6.37. The Hall–Kier alpha value is -1.10. The van der Waals surface area contributed by atoms with Crippen LogP contribution in [0.25, 0.3) is 0 Å². The standard InChI is InChI=1S/C9H19N3O2/c1-6(2)8(11)9(14)12-5-3-4-7(10)13/h6,8H,3-5,11H2,1-2H3,(H2,10,13)(H,12,14). The maximum Gasteiger partial charge on any atom is 0.237 e. The molecule has 5 heteroatoms. The molecule has 1 atom stereocenters. The first-order valence-corrected chi connectivity index (χ1v) is 4.76. The topological polar surface area (TPSA) is 98.2 Å². The van der Waals surface area contributed by atoms with Gasteiger partial charge < -0.3 is 16.8 Å². The Kier molecular flexibility index (Phi) is 5.87. The van der Waals surface area contributed by atoms with Crippen LogP contribution in [0.1, 0.15) is 26.7 Å². The van der Waals surface area contributed by atoms with Crippen LogP contribution in [0.5, 0.6) is 0 Å². The quantitative estimate of drug-likeness (QED) is 0.498. The molecule has 0 heterocycles. The van der Waals surface area contributed by atoms with Gasteiger partial charge in [0.1, 0.15) is 0 Å². The molecule has 82 valence electrons. The lowest BCUT2D eigenvalue weighted by Gasteiger charge is -2.14. The Bertz CT molecular complexity index is 204. The van der Waals surface area contributed by atoms with Crippen molar-refractivity contribution < 1.29 is 9.59 Å². The Morgan fingerprint density at radius 2 is 1.93 bits per heavy atom. The van der Waals surface area contributed by atoms with E-state index in [1.165, 1.54) is 0 Å². The number of hydrogen-bond donors (Lipinski definition) is 3. The van der Waals surface area contributed by atoms with Crippen molar-refractivity contribution in [3.05, 3.63) is 0 Å². The fourth-order valence-electron chi connectivity index (χ4n) is 0.895. The average Bonchev–Trinajstić information content (AvgIpc) is 2.10. The molecule has 0 saturated heterocycles. The third-order valence-corrected chi connectivity index (χ3v) is 1.92. The van der Waals surface area contributed by atoms with E-state index in [-0.39, 0.29) is 24.2 Å². The minimum absolute atomic E-state index is 0.117. The smallest absolute Gasteiger partial charge is 0.237 e. The van der Waals surface area contributed by atoms with E-state index in [4.69, 9.17) is 11.5 Å². The van der Waals surface area contributed by atoms with Crippen molar-refractivity contribution in [1.82, 2.24) is 5.32 Å². The van der Waals surface area contributed by atoms with Crippen LogP contribution in [0.3, 0.4) is 0 Å². The van der Waals surface area contributed by atoms with Gasteiger partial charge in [-0.3, -0.25) is 9.59 Å². The van der Waals surface area contributed by atoms with Crippen molar-refractivity contribution in [2.24, 2.45) is 17.4 Å². The van der Waals surface area contributed by atoms with Gasteiger partial charge >= 0.3 is 0 Å². The van der Waals surface area contributed by atoms with Crippen LogP contribution in [0.15, 0.2) is 0 Å². The van der Waals surface area contributed by atoms with Crippen LogP contribution in [-0.2, 0) is 9.59 Å². The Balaban J connectivity index is 3.59. The molecule has 0 aromatic rings. The summed E-state index contributed by atoms with van der Waals surface area (Å²) in [7, 11) is 0. The van der Waals surface area contributed by atoms with Gasteiger partial charge in [0.15, 0.2) is 0 Å². The molecule has 5 nitrogen and oxygen atoms in total. The number of nitrogens with one attached hydrogen (secondary N) is 1. The highest BCUT2D eigenvalue weighted by Gasteiger charge is 2.15. The Labute approximate surface area is 84.2 Å². The zero-order valence-corrected chi connectivity index (χ0v) is 8.75. The van der Waals surface area contributed by atoms with E-state index in [1.807, 2.05) is 13.8 Å². The number of carbonyl (C=O) groups excluding carboxylic acids is 2. The zero-order chi connectivity index (χ0) is 11.1. The van der Waals surface area contributed by atoms with Crippen molar-refractivity contribution in [2.75, 3.05) is 6.54 Å². The van der Waals surface area contributed by atoms with Gasteiger partial charge in [0.05, 0.1) is 6.04 Å². The predicted molar refractivity (Wildman–Crippen MR) is 54.3 cm³/mol. The molecule has 0 bridgehead atoms. The van der Waals surface area contributed by atoms with Crippen LogP contribution in [0.2, 0.25) is 0 Å². The summed E-state index contributed by atoms with van der Waals surface area (Å²) in [5, 5.41) is 2.65. The summed E-state index contributed by atoms with van der Waals surface area (Å²) in [6, 6.07) is -0.483. The molecule has 5 N–H and O–H groups in total. The molecule has 0 aliphatic rings. The van der Waals surface area contributed by atoms with E-state index < -0.39 is 6.04 Å². The van der Waals surface area contributed by atoms with Crippen molar-refractivity contribution in [2.45, 2.75) is 32.7 Å². The van der Waals surface area contributed by atoms with Gasteiger partial charge in [0.2, 0.25) is 11.8 Å². The van der Waals surface area contributed by atoms with Gasteiger partial charge in [-0.2, -0.15) is 0 Å². The van der Waals surface area contributed by atoms with Crippen molar-refractivity contribution in [3.8, 4) is 0 Å². The summed E-state index contributed by atoms with van der Waals surface area (Å²) in [4.78, 5) is 21.6. The van der Waals surface area contributed by atoms with Gasteiger partial charge in [0, 0.05) is 13.0 Å². The maximum absolute atomic E-state index is 11.3. The molecule has 2 amide bonds. The highest BCUT2D eigenvalue weighted by atomic mass is 16.2. The van der Waals surface area contributed by atoms with Gasteiger partial charge in [-0.1, -0.05) is 13.8 Å². The van der Waals surface area contributed by atoms with E-state index in [0.717, 1.165) is 0 Å². The summed E-state index contributed by atoms with van der Waals surface area (Å²) < 4.78 is 0. The molecule has 1 unspecified atom stereocenters. The summed E-state index contributed by atoms with van der Waals surface area (Å²) in [5.74, 6) is -0.414. The summed E-state index contributed by atoms with van der Waals surface area (Å²) in [6.07, 6.45) is 0.850. The average molecular weight is 201 g/mol. The summed E-state index contributed by atoms with van der Waals surface area (Å²) in [6.45, 7) is 4.21. The number of nitrogens with two attached hydrogens (primary N) is 2. The minimum Gasteiger partial charge on any atom is -0.370 e. The van der Waals surface area contributed by atoms with Crippen LogP contribution in [0.4, 0.5) is 0 Å². The zero-order valence-electron chi connectivity index (χ0n) is 8.75. The van der Waals surface area contributed by atoms with Gasteiger partial charge in [0.25, 0.3) is 0 Å². The SMILES string of the molecule is CC(C)C(N)C(=O)NCCCC(N)=O. The third-order valence-electron chi connectivity index (χ3n) is 1.92. The molecule has 0 aliphatic heterocycles. The predicted octanol–water partition coefficient (Wildman–Crippen LogP) is -0.649. The lowest BCUT2D eigenvalue weighted by Crippen LogP contribution is -2.44. The molecule has 0 aliphatic carbocycles. The van der Waals surface area contributed by atoms with E-state index in [0.29, 0.717) is 13.0 Å². The van der Waals surface area contributed by atoms with Gasteiger partial charge in [-0.05, 0) is 12.3 Å². The number of rotatable bonds is 6. The molecule has 0 saturated carbocycles. The second-order valence-electron chi connectivity index (χ2n) is 3.63. The minimum atomic E-state index is -0.483. The third kappa shape index (κ3) is 5.53. The normalized spacial score (nSPS) is 12.6. The van der Waals surface area contributed by atoms with Crippen molar-refractivity contribution in [1.29, 1.82) is 0 Å². The number of hydrogen-bond acceptors (Lipinski definition) is 3. The molecule has 0 aromatic carbocycles. The van der Waals surface area contributed by atoms with E-state index in [1.54, 1.807) is 0 Å². The molecule has 0 aromatic heterocycles. The molecule has 0 spiro atoms. The highest BCUT2D eigenvalue weighted by molar-refractivity contribution is 5.81. The lowest BCUT2D eigenvalue weighted by molar-refractivity contribution is -0.123. The number of primary amides is 1. The molecular weight excluding hydrogens is 182 g/mol. The first kappa shape index (κ1) is 12.9. The first-order chi connectivity index (χ1) is 6.45. The van der Waals surface area contributed by atoms with E-state index in [2.05, 4.69) is 5.32 Å². The van der Waals surface area contributed by atoms with Gasteiger partial charge in [-0.15, -0.1) is 0 Å². The lowest BCUT2D eigenvalue weighted by atomic mass is 10.1. The Morgan fingerprint density at radius 3 is 2.36 bits per heavy atom. The van der Waals surface area contributed by atoms with Crippen LogP contribution < -0.4 is 16.8 Å². The molecular formula is C9H19N3O2. The number of amides is 2.